The van der Waals surface area contributed by atoms with Gasteiger partial charge in [-0.3, -0.25) is 9.59 Å². The lowest BCUT2D eigenvalue weighted by Crippen LogP contribution is -2.54. The Balaban J connectivity index is 2.04. The molecular weight excluding hydrogens is 410 g/mol. The minimum absolute atomic E-state index is 0.134. The molecule has 1 atom stereocenters. The van der Waals surface area contributed by atoms with Gasteiger partial charge in [0.05, 0.1) is 20.5 Å². The number of piperidine rings is 1. The summed E-state index contributed by atoms with van der Waals surface area (Å²) in [5, 5.41) is 5.74. The molecule has 0 saturated carbocycles. The minimum Gasteiger partial charge on any atom is -0.497 e. The van der Waals surface area contributed by atoms with Gasteiger partial charge < -0.3 is 20.1 Å². The third-order valence-electron chi connectivity index (χ3n) is 5.12. The molecule has 0 spiro atoms. The van der Waals surface area contributed by atoms with Gasteiger partial charge >= 0.3 is 0 Å². The summed E-state index contributed by atoms with van der Waals surface area (Å²) >= 11 is 0. The molecule has 0 aliphatic carbocycles. The molecule has 1 aromatic rings. The fourth-order valence-corrected chi connectivity index (χ4v) is 4.19. The van der Waals surface area contributed by atoms with Crippen LogP contribution in [0.1, 0.15) is 37.0 Å². The maximum atomic E-state index is 12.8. The quantitative estimate of drug-likeness (QED) is 0.622. The van der Waals surface area contributed by atoms with E-state index in [1.54, 1.807) is 18.2 Å². The van der Waals surface area contributed by atoms with Crippen molar-refractivity contribution in [1.29, 1.82) is 0 Å². The summed E-state index contributed by atoms with van der Waals surface area (Å²) < 4.78 is 35.1. The Hall–Kier alpha value is -2.33. The first-order valence-electron chi connectivity index (χ1n) is 9.84. The van der Waals surface area contributed by atoms with Crippen LogP contribution in [0.15, 0.2) is 18.2 Å². The van der Waals surface area contributed by atoms with Gasteiger partial charge in [0.1, 0.15) is 17.5 Å². The molecule has 1 saturated heterocycles. The second-order valence-corrected chi connectivity index (χ2v) is 9.72. The lowest BCUT2D eigenvalue weighted by Gasteiger charge is -2.32. The zero-order valence-corrected chi connectivity index (χ0v) is 18.9. The van der Waals surface area contributed by atoms with E-state index in [1.807, 2.05) is 13.8 Å². The SMILES string of the molecule is COc1cc(OC)cc(C(=O)NC(C(=O)NC2CCN(S(C)(=O)=O)CC2)C(C)C)c1. The predicted octanol–water partition coefficient (Wildman–Crippen LogP) is 0.998. The summed E-state index contributed by atoms with van der Waals surface area (Å²) in [5.74, 6) is 0.113. The summed E-state index contributed by atoms with van der Waals surface area (Å²) in [7, 11) is -0.231. The van der Waals surface area contributed by atoms with Crippen LogP contribution in [0, 0.1) is 5.92 Å². The third-order valence-corrected chi connectivity index (χ3v) is 6.42. The summed E-state index contributed by atoms with van der Waals surface area (Å²) in [6.07, 6.45) is 2.25. The van der Waals surface area contributed by atoms with Gasteiger partial charge in [-0.25, -0.2) is 12.7 Å². The first kappa shape index (κ1) is 23.9. The summed E-state index contributed by atoms with van der Waals surface area (Å²) in [4.78, 5) is 25.6. The van der Waals surface area contributed by atoms with Crippen molar-refractivity contribution in [2.45, 2.75) is 38.8 Å². The number of hydrogen-bond donors (Lipinski definition) is 2. The maximum absolute atomic E-state index is 12.8. The molecule has 0 aromatic heterocycles. The Morgan fingerprint density at radius 1 is 1.07 bits per heavy atom. The molecule has 0 radical (unpaired) electrons. The van der Waals surface area contributed by atoms with Gasteiger partial charge in [-0.05, 0) is 30.9 Å². The first-order chi connectivity index (χ1) is 14.0. The number of sulfonamides is 1. The van der Waals surface area contributed by atoms with Gasteiger partial charge in [-0.15, -0.1) is 0 Å². The van der Waals surface area contributed by atoms with E-state index in [2.05, 4.69) is 10.6 Å². The third kappa shape index (κ3) is 6.33. The van der Waals surface area contributed by atoms with Crippen molar-refractivity contribution in [2.24, 2.45) is 5.92 Å². The Morgan fingerprint density at radius 2 is 1.60 bits per heavy atom. The largest absolute Gasteiger partial charge is 0.497 e. The van der Waals surface area contributed by atoms with Crippen molar-refractivity contribution in [2.75, 3.05) is 33.6 Å². The highest BCUT2D eigenvalue weighted by Gasteiger charge is 2.30. The van der Waals surface area contributed by atoms with Gasteiger partial charge in [-0.2, -0.15) is 0 Å². The van der Waals surface area contributed by atoms with E-state index in [1.165, 1.54) is 24.8 Å². The van der Waals surface area contributed by atoms with Crippen LogP contribution >= 0.6 is 0 Å². The highest BCUT2D eigenvalue weighted by atomic mass is 32.2. The number of nitrogens with one attached hydrogen (secondary N) is 2. The molecule has 9 nitrogen and oxygen atoms in total. The average Bonchev–Trinajstić information content (AvgIpc) is 2.70. The van der Waals surface area contributed by atoms with Crippen molar-refractivity contribution >= 4 is 21.8 Å². The fourth-order valence-electron chi connectivity index (χ4n) is 3.32. The molecule has 30 heavy (non-hydrogen) atoms. The first-order valence-corrected chi connectivity index (χ1v) is 11.7. The van der Waals surface area contributed by atoms with Crippen LogP contribution in [0.2, 0.25) is 0 Å². The van der Waals surface area contributed by atoms with Crippen molar-refractivity contribution < 1.29 is 27.5 Å². The number of methoxy groups -OCH3 is 2. The highest BCUT2D eigenvalue weighted by Crippen LogP contribution is 2.23. The van der Waals surface area contributed by atoms with Crippen LogP contribution in [0.5, 0.6) is 11.5 Å². The van der Waals surface area contributed by atoms with E-state index in [4.69, 9.17) is 9.47 Å². The summed E-state index contributed by atoms with van der Waals surface area (Å²) in [5.41, 5.74) is 0.325. The molecule has 1 aliphatic heterocycles. The molecule has 1 aliphatic rings. The molecular formula is C20H31N3O6S. The molecule has 2 N–H and O–H groups in total. The van der Waals surface area contributed by atoms with Crippen molar-refractivity contribution in [3.63, 3.8) is 0 Å². The summed E-state index contributed by atoms with van der Waals surface area (Å²) in [6, 6.07) is 3.95. The van der Waals surface area contributed by atoms with E-state index in [0.29, 0.717) is 43.0 Å². The normalized spacial score (nSPS) is 16.7. The molecule has 1 aromatic carbocycles. The second-order valence-electron chi connectivity index (χ2n) is 7.74. The topological polar surface area (TPSA) is 114 Å². The molecule has 2 rings (SSSR count). The highest BCUT2D eigenvalue weighted by molar-refractivity contribution is 7.88. The molecule has 10 heteroatoms. The molecule has 1 unspecified atom stereocenters. The van der Waals surface area contributed by atoms with Gasteiger partial charge in [0, 0.05) is 30.8 Å². The Labute approximate surface area is 178 Å². The molecule has 2 amide bonds. The van der Waals surface area contributed by atoms with Gasteiger partial charge in [0.15, 0.2) is 0 Å². The fraction of sp³-hybridized carbons (Fsp3) is 0.600. The second kappa shape index (κ2) is 10.1. The Bertz CT molecular complexity index is 841. The predicted molar refractivity (Wildman–Crippen MR) is 113 cm³/mol. The lowest BCUT2D eigenvalue weighted by molar-refractivity contribution is -0.124. The van der Waals surface area contributed by atoms with E-state index < -0.39 is 22.0 Å². The average molecular weight is 442 g/mol. The van der Waals surface area contributed by atoms with E-state index in [9.17, 15) is 18.0 Å². The molecule has 1 heterocycles. The van der Waals surface area contributed by atoms with Crippen LogP contribution in [0.25, 0.3) is 0 Å². The zero-order chi connectivity index (χ0) is 22.5. The van der Waals surface area contributed by atoms with Crippen LogP contribution in [-0.4, -0.2) is 70.2 Å². The Morgan fingerprint density at radius 3 is 2.03 bits per heavy atom. The van der Waals surface area contributed by atoms with Gasteiger partial charge in [0.2, 0.25) is 15.9 Å². The molecule has 168 valence electrons. The van der Waals surface area contributed by atoms with Gasteiger partial charge in [0.25, 0.3) is 5.91 Å². The van der Waals surface area contributed by atoms with Crippen LogP contribution in [0.4, 0.5) is 0 Å². The van der Waals surface area contributed by atoms with Crippen molar-refractivity contribution in [3.8, 4) is 11.5 Å². The number of rotatable bonds is 8. The number of nitrogens with zero attached hydrogens (tertiary/aromatic N) is 1. The smallest absolute Gasteiger partial charge is 0.252 e. The van der Waals surface area contributed by atoms with Crippen molar-refractivity contribution in [1.82, 2.24) is 14.9 Å². The number of ether oxygens (including phenoxy) is 2. The zero-order valence-electron chi connectivity index (χ0n) is 18.1. The number of benzene rings is 1. The number of hydrogen-bond acceptors (Lipinski definition) is 6. The van der Waals surface area contributed by atoms with E-state index in [0.717, 1.165) is 0 Å². The maximum Gasteiger partial charge on any atom is 0.252 e. The Kier molecular flexibility index (Phi) is 8.08. The van der Waals surface area contributed by atoms with Crippen LogP contribution in [0.3, 0.4) is 0 Å². The minimum atomic E-state index is -3.22. The van der Waals surface area contributed by atoms with E-state index >= 15 is 0 Å². The molecule has 1 fully saturated rings. The van der Waals surface area contributed by atoms with E-state index in [-0.39, 0.29) is 17.9 Å². The molecule has 0 bridgehead atoms. The number of carbonyl (C=O) groups is 2. The van der Waals surface area contributed by atoms with Gasteiger partial charge in [-0.1, -0.05) is 13.8 Å². The van der Waals surface area contributed by atoms with Crippen LogP contribution < -0.4 is 20.1 Å². The number of carbonyl (C=O) groups excluding carboxylic acids is 2. The van der Waals surface area contributed by atoms with Crippen LogP contribution in [-0.2, 0) is 14.8 Å². The lowest BCUT2D eigenvalue weighted by atomic mass is 10.0. The summed E-state index contributed by atoms with van der Waals surface area (Å²) in [6.45, 7) is 4.43. The monoisotopic (exact) mass is 441 g/mol. The standard InChI is InChI=1S/C20H31N3O6S/c1-13(2)18(20(25)21-15-6-8-23(9-7-15)30(5,26)27)22-19(24)14-10-16(28-3)12-17(11-14)29-4/h10-13,15,18H,6-9H2,1-5H3,(H,21,25)(H,22,24). The number of amides is 2. The van der Waals surface area contributed by atoms with Crippen molar-refractivity contribution in [3.05, 3.63) is 23.8 Å².